The van der Waals surface area contributed by atoms with Crippen LogP contribution in [0.4, 0.5) is 5.69 Å². The number of benzene rings is 2. The van der Waals surface area contributed by atoms with E-state index >= 15 is 0 Å². The molecule has 8 nitrogen and oxygen atoms in total. The average molecular weight is 434 g/mol. The number of aromatic nitrogens is 2. The average Bonchev–Trinajstić information content (AvgIpc) is 2.79. The zero-order valence-electron chi connectivity index (χ0n) is 18.2. The van der Waals surface area contributed by atoms with Crippen LogP contribution in [0, 0.1) is 10.1 Å². The molecule has 2 aromatic carbocycles. The zero-order valence-corrected chi connectivity index (χ0v) is 18.2. The normalized spacial score (nSPS) is 15.0. The van der Waals surface area contributed by atoms with Crippen molar-refractivity contribution in [3.05, 3.63) is 74.3 Å². The third-order valence-corrected chi connectivity index (χ3v) is 5.64. The van der Waals surface area contributed by atoms with E-state index in [-0.39, 0.29) is 29.0 Å². The lowest BCUT2D eigenvalue weighted by Crippen LogP contribution is -2.25. The molecule has 0 atom stereocenters. The van der Waals surface area contributed by atoms with Crippen molar-refractivity contribution >= 4 is 22.8 Å². The molecule has 166 valence electrons. The highest BCUT2D eigenvalue weighted by Gasteiger charge is 2.23. The van der Waals surface area contributed by atoms with Crippen LogP contribution in [0.5, 0.6) is 5.75 Å². The van der Waals surface area contributed by atoms with Gasteiger partial charge in [-0.25, -0.2) is 4.98 Å². The highest BCUT2D eigenvalue weighted by atomic mass is 16.6. The van der Waals surface area contributed by atoms with Crippen molar-refractivity contribution in [2.75, 3.05) is 0 Å². The van der Waals surface area contributed by atoms with E-state index in [2.05, 4.69) is 5.10 Å². The summed E-state index contributed by atoms with van der Waals surface area (Å²) in [7, 11) is 0. The van der Waals surface area contributed by atoms with Crippen LogP contribution in [0.25, 0.3) is 10.9 Å². The van der Waals surface area contributed by atoms with Crippen molar-refractivity contribution in [1.29, 1.82) is 0 Å². The van der Waals surface area contributed by atoms with Gasteiger partial charge in [-0.3, -0.25) is 14.9 Å². The second-order valence-corrected chi connectivity index (χ2v) is 8.30. The SMILES string of the molecule is CC(C)Oc1c(C=Nn2c(C3CCCCC3)nc3ccccc3c2=O)cccc1[N+](=O)[O-]. The summed E-state index contributed by atoms with van der Waals surface area (Å²) in [5.74, 6) is 0.924. The van der Waals surface area contributed by atoms with Crippen LogP contribution in [-0.2, 0) is 0 Å². The van der Waals surface area contributed by atoms with Gasteiger partial charge in [0.15, 0.2) is 0 Å². The van der Waals surface area contributed by atoms with Crippen LogP contribution in [0.1, 0.15) is 63.3 Å². The molecule has 0 unspecified atom stereocenters. The molecule has 1 aliphatic rings. The minimum atomic E-state index is -0.480. The van der Waals surface area contributed by atoms with Crippen LogP contribution in [0.15, 0.2) is 52.4 Å². The molecular weight excluding hydrogens is 408 g/mol. The van der Waals surface area contributed by atoms with Gasteiger partial charge in [-0.1, -0.05) is 37.5 Å². The van der Waals surface area contributed by atoms with Crippen molar-refractivity contribution in [2.24, 2.45) is 5.10 Å². The number of hydrogen-bond donors (Lipinski definition) is 0. The van der Waals surface area contributed by atoms with Gasteiger partial charge in [0.1, 0.15) is 5.82 Å². The fraction of sp³-hybridized carbons (Fsp3) is 0.375. The van der Waals surface area contributed by atoms with Gasteiger partial charge in [0.25, 0.3) is 5.56 Å². The molecule has 0 N–H and O–H groups in total. The summed E-state index contributed by atoms with van der Waals surface area (Å²) in [6.45, 7) is 3.60. The van der Waals surface area contributed by atoms with E-state index in [0.29, 0.717) is 22.3 Å². The molecule has 1 aromatic heterocycles. The molecule has 32 heavy (non-hydrogen) atoms. The van der Waals surface area contributed by atoms with Crippen molar-refractivity contribution in [3.63, 3.8) is 0 Å². The summed E-state index contributed by atoms with van der Waals surface area (Å²) >= 11 is 0. The lowest BCUT2D eigenvalue weighted by atomic mass is 9.88. The summed E-state index contributed by atoms with van der Waals surface area (Å²) < 4.78 is 7.09. The Hall–Kier alpha value is -3.55. The van der Waals surface area contributed by atoms with Gasteiger partial charge < -0.3 is 4.74 Å². The first kappa shape index (κ1) is 21.7. The molecule has 0 saturated heterocycles. The van der Waals surface area contributed by atoms with Crippen LogP contribution >= 0.6 is 0 Å². The van der Waals surface area contributed by atoms with E-state index in [9.17, 15) is 14.9 Å². The molecule has 3 aromatic rings. The number of ether oxygens (including phenoxy) is 1. The van der Waals surface area contributed by atoms with Crippen LogP contribution in [-0.4, -0.2) is 26.9 Å². The molecule has 1 heterocycles. The minimum Gasteiger partial charge on any atom is -0.484 e. The maximum atomic E-state index is 13.3. The van der Waals surface area contributed by atoms with Crippen molar-refractivity contribution < 1.29 is 9.66 Å². The second-order valence-electron chi connectivity index (χ2n) is 8.30. The van der Waals surface area contributed by atoms with Gasteiger partial charge in [0.05, 0.1) is 28.1 Å². The number of fused-ring (bicyclic) bond motifs is 1. The Morgan fingerprint density at radius 2 is 1.91 bits per heavy atom. The molecule has 1 saturated carbocycles. The standard InChI is InChI=1S/C24H26N4O4/c1-16(2)32-22-18(11-8-14-21(22)28(30)31)15-25-27-23(17-9-4-3-5-10-17)26-20-13-7-6-12-19(20)24(27)29/h6-8,11-17H,3-5,9-10H2,1-2H3. The highest BCUT2D eigenvalue weighted by molar-refractivity contribution is 5.86. The molecular formula is C24H26N4O4. The summed E-state index contributed by atoms with van der Waals surface area (Å²) in [6.07, 6.45) is 6.47. The Labute approximate surface area is 185 Å². The predicted octanol–water partition coefficient (Wildman–Crippen LogP) is 5.02. The maximum absolute atomic E-state index is 13.3. The van der Waals surface area contributed by atoms with Gasteiger partial charge in [0.2, 0.25) is 5.75 Å². The van der Waals surface area contributed by atoms with Gasteiger partial charge in [0, 0.05) is 17.5 Å². The van der Waals surface area contributed by atoms with Crippen molar-refractivity contribution in [2.45, 2.75) is 58.0 Å². The van der Waals surface area contributed by atoms with Gasteiger partial charge >= 0.3 is 5.69 Å². The Bertz CT molecular complexity index is 1230. The number of nitrogens with zero attached hydrogens (tertiary/aromatic N) is 4. The van der Waals surface area contributed by atoms with Gasteiger partial charge in [-0.05, 0) is 44.9 Å². The van der Waals surface area contributed by atoms with E-state index in [0.717, 1.165) is 25.7 Å². The number of hydrogen-bond acceptors (Lipinski definition) is 6. The van der Waals surface area contributed by atoms with Crippen LogP contribution in [0.2, 0.25) is 0 Å². The first-order valence-electron chi connectivity index (χ1n) is 11.0. The smallest absolute Gasteiger partial charge is 0.311 e. The molecule has 0 aliphatic heterocycles. The Kier molecular flexibility index (Phi) is 6.30. The lowest BCUT2D eigenvalue weighted by molar-refractivity contribution is -0.386. The second kappa shape index (κ2) is 9.30. The fourth-order valence-corrected chi connectivity index (χ4v) is 4.15. The first-order chi connectivity index (χ1) is 15.5. The van der Waals surface area contributed by atoms with E-state index in [4.69, 9.17) is 9.72 Å². The Morgan fingerprint density at radius 3 is 2.62 bits per heavy atom. The zero-order chi connectivity index (χ0) is 22.7. The van der Waals surface area contributed by atoms with Crippen molar-refractivity contribution in [3.8, 4) is 5.75 Å². The first-order valence-corrected chi connectivity index (χ1v) is 11.0. The Balaban J connectivity index is 1.85. The Morgan fingerprint density at radius 1 is 1.16 bits per heavy atom. The number of rotatable bonds is 6. The predicted molar refractivity (Wildman–Crippen MR) is 124 cm³/mol. The topological polar surface area (TPSA) is 99.6 Å². The summed E-state index contributed by atoms with van der Waals surface area (Å²) in [5, 5.41) is 16.5. The highest BCUT2D eigenvalue weighted by Crippen LogP contribution is 2.33. The quantitative estimate of drug-likeness (QED) is 0.308. The molecule has 0 spiro atoms. The third-order valence-electron chi connectivity index (χ3n) is 5.64. The molecule has 1 aliphatic carbocycles. The van der Waals surface area contributed by atoms with Crippen LogP contribution < -0.4 is 10.3 Å². The number of nitro benzene ring substituents is 1. The maximum Gasteiger partial charge on any atom is 0.311 e. The summed E-state index contributed by atoms with van der Waals surface area (Å²) in [6, 6.07) is 11.9. The molecule has 0 amide bonds. The summed E-state index contributed by atoms with van der Waals surface area (Å²) in [4.78, 5) is 29.1. The van der Waals surface area contributed by atoms with Crippen LogP contribution in [0.3, 0.4) is 0 Å². The largest absolute Gasteiger partial charge is 0.484 e. The van der Waals surface area contributed by atoms with E-state index < -0.39 is 4.92 Å². The molecule has 0 bridgehead atoms. The fourth-order valence-electron chi connectivity index (χ4n) is 4.15. The van der Waals surface area contributed by atoms with Crippen molar-refractivity contribution in [1.82, 2.24) is 9.66 Å². The van der Waals surface area contributed by atoms with Gasteiger partial charge in [-0.15, -0.1) is 0 Å². The minimum absolute atomic E-state index is 0.136. The third kappa shape index (κ3) is 4.39. The summed E-state index contributed by atoms with van der Waals surface area (Å²) in [5.41, 5.74) is 0.703. The van der Waals surface area contributed by atoms with E-state index in [1.807, 2.05) is 12.1 Å². The van der Waals surface area contributed by atoms with Gasteiger partial charge in [-0.2, -0.15) is 9.78 Å². The molecule has 1 fully saturated rings. The van der Waals surface area contributed by atoms with E-state index in [1.165, 1.54) is 23.4 Å². The molecule has 8 heteroatoms. The lowest BCUT2D eigenvalue weighted by Gasteiger charge is -2.22. The van der Waals surface area contributed by atoms with E-state index in [1.54, 1.807) is 38.1 Å². The molecule has 0 radical (unpaired) electrons. The number of nitro groups is 1. The monoisotopic (exact) mass is 434 g/mol. The number of para-hydroxylation sites is 2. The molecule has 4 rings (SSSR count).